The Hall–Kier alpha value is -4.26. The van der Waals surface area contributed by atoms with Crippen LogP contribution in [0, 0.1) is 5.82 Å². The van der Waals surface area contributed by atoms with E-state index in [9.17, 15) is 9.59 Å². The quantitative estimate of drug-likeness (QED) is 0.213. The minimum Gasteiger partial charge on any atom is -0.379 e. The molecule has 2 saturated heterocycles. The number of aromatic nitrogens is 5. The van der Waals surface area contributed by atoms with Crippen molar-refractivity contribution in [1.82, 2.24) is 34.3 Å². The third-order valence-electron chi connectivity index (χ3n) is 9.42. The van der Waals surface area contributed by atoms with Gasteiger partial charge in [0, 0.05) is 43.8 Å². The van der Waals surface area contributed by atoms with E-state index in [1.807, 2.05) is 46.4 Å². The van der Waals surface area contributed by atoms with Gasteiger partial charge in [-0.25, -0.2) is 28.7 Å². The Morgan fingerprint density at radius 1 is 1.02 bits per heavy atom. The first-order valence-electron chi connectivity index (χ1n) is 17.2. The van der Waals surface area contributed by atoms with Crippen LogP contribution in [0.4, 0.5) is 10.2 Å². The number of nitrogens with zero attached hydrogens (tertiary/aromatic N) is 8. The third-order valence-corrected chi connectivity index (χ3v) is 9.70. The summed E-state index contributed by atoms with van der Waals surface area (Å²) >= 11 is 6.92. The fourth-order valence-corrected chi connectivity index (χ4v) is 7.07. The molecule has 0 bridgehead atoms. The number of morpholine rings is 1. The zero-order valence-corrected chi connectivity index (χ0v) is 30.2. The van der Waals surface area contributed by atoms with Crippen molar-refractivity contribution in [3.05, 3.63) is 81.5 Å². The van der Waals surface area contributed by atoms with Crippen molar-refractivity contribution in [2.24, 2.45) is 0 Å². The Balaban J connectivity index is 1.62. The van der Waals surface area contributed by atoms with E-state index in [1.165, 1.54) is 16.7 Å². The summed E-state index contributed by atoms with van der Waals surface area (Å²) in [5.74, 6) is 0.230. The SMILES string of the molecule is C=CC(=O)N1CC(C)N(c2nc(=O)n(-c3c(C(C)C)nc(CN4CCOCC4)nc3C(C)C)c3nc(-c4ccccc4F)c(Cl)cc23)CC1C. The van der Waals surface area contributed by atoms with Gasteiger partial charge in [0.15, 0.2) is 5.65 Å². The summed E-state index contributed by atoms with van der Waals surface area (Å²) in [4.78, 5) is 53.1. The molecule has 0 aliphatic carbocycles. The predicted molar refractivity (Wildman–Crippen MR) is 194 cm³/mol. The van der Waals surface area contributed by atoms with Crippen LogP contribution in [0.25, 0.3) is 28.0 Å². The van der Waals surface area contributed by atoms with Crippen molar-refractivity contribution in [1.29, 1.82) is 0 Å². The number of hydrogen-bond donors (Lipinski definition) is 0. The minimum atomic E-state index is -0.570. The van der Waals surface area contributed by atoms with E-state index in [4.69, 9.17) is 36.3 Å². The van der Waals surface area contributed by atoms with E-state index in [1.54, 1.807) is 29.2 Å². The highest BCUT2D eigenvalue weighted by molar-refractivity contribution is 6.33. The average Bonchev–Trinajstić information content (AvgIpc) is 3.09. The van der Waals surface area contributed by atoms with E-state index in [0.29, 0.717) is 67.0 Å². The second-order valence-electron chi connectivity index (χ2n) is 13.7. The van der Waals surface area contributed by atoms with Gasteiger partial charge >= 0.3 is 5.69 Å². The molecule has 2 fully saturated rings. The molecular weight excluding hydrogens is 659 g/mol. The lowest BCUT2D eigenvalue weighted by atomic mass is 10.0. The van der Waals surface area contributed by atoms with Crippen LogP contribution in [0.15, 0.2) is 47.8 Å². The number of fused-ring (bicyclic) bond motifs is 1. The molecule has 1 aromatic carbocycles. The Morgan fingerprint density at radius 3 is 2.30 bits per heavy atom. The van der Waals surface area contributed by atoms with Crippen LogP contribution in [-0.2, 0) is 16.1 Å². The lowest BCUT2D eigenvalue weighted by Gasteiger charge is -2.44. The lowest BCUT2D eigenvalue weighted by molar-refractivity contribution is -0.128. The summed E-state index contributed by atoms with van der Waals surface area (Å²) in [6.45, 7) is 20.0. The maximum absolute atomic E-state index is 15.3. The zero-order chi connectivity index (χ0) is 35.9. The van der Waals surface area contributed by atoms with Gasteiger partial charge in [0.2, 0.25) is 5.91 Å². The Bertz CT molecular complexity index is 1960. The van der Waals surface area contributed by atoms with Gasteiger partial charge in [0.05, 0.1) is 52.9 Å². The molecule has 0 spiro atoms. The van der Waals surface area contributed by atoms with Crippen molar-refractivity contribution >= 4 is 34.4 Å². The van der Waals surface area contributed by atoms with E-state index in [2.05, 4.69) is 11.5 Å². The van der Waals surface area contributed by atoms with Gasteiger partial charge in [0.1, 0.15) is 17.5 Å². The van der Waals surface area contributed by atoms with Crippen molar-refractivity contribution in [2.45, 2.75) is 72.0 Å². The summed E-state index contributed by atoms with van der Waals surface area (Å²) in [5, 5.41) is 0.723. The highest BCUT2D eigenvalue weighted by Gasteiger charge is 2.34. The molecule has 0 radical (unpaired) electrons. The highest BCUT2D eigenvalue weighted by Crippen LogP contribution is 2.37. The molecule has 2 unspecified atom stereocenters. The van der Waals surface area contributed by atoms with E-state index in [-0.39, 0.29) is 51.8 Å². The summed E-state index contributed by atoms with van der Waals surface area (Å²) in [6, 6.07) is 7.60. The molecule has 4 aromatic rings. The van der Waals surface area contributed by atoms with Crippen molar-refractivity contribution < 1.29 is 13.9 Å². The first-order chi connectivity index (χ1) is 23.9. The van der Waals surface area contributed by atoms with Gasteiger partial charge in [-0.3, -0.25) is 9.69 Å². The second-order valence-corrected chi connectivity index (χ2v) is 14.1. The standard InChI is InChI=1S/C37H44ClFN8O3/c1-8-30(48)45-18-24(7)46(19-23(45)6)35-26-17-27(38)33(25-11-9-10-12-28(25)39)42-36(26)47(37(49)43-35)34-31(21(2)3)40-29(41-32(34)22(4)5)20-44-13-15-50-16-14-44/h8-12,17,21-24H,1,13-16,18-20H2,2-7H3. The monoisotopic (exact) mass is 702 g/mol. The Morgan fingerprint density at radius 2 is 1.68 bits per heavy atom. The number of ether oxygens (including phenoxy) is 1. The molecule has 2 aliphatic rings. The maximum atomic E-state index is 15.3. The number of hydrogen-bond acceptors (Lipinski definition) is 9. The molecule has 0 saturated carbocycles. The number of piperazine rings is 1. The van der Waals surface area contributed by atoms with Gasteiger partial charge < -0.3 is 14.5 Å². The number of pyridine rings is 1. The van der Waals surface area contributed by atoms with Crippen LogP contribution < -0.4 is 10.6 Å². The number of carbonyl (C=O) groups is 1. The minimum absolute atomic E-state index is 0.0924. The van der Waals surface area contributed by atoms with Gasteiger partial charge in [-0.15, -0.1) is 0 Å². The summed E-state index contributed by atoms with van der Waals surface area (Å²) in [7, 11) is 0. The van der Waals surface area contributed by atoms with Crippen molar-refractivity contribution in [2.75, 3.05) is 44.3 Å². The van der Waals surface area contributed by atoms with Gasteiger partial charge in [-0.05, 0) is 50.0 Å². The number of anilines is 1. The molecule has 6 rings (SSSR count). The lowest BCUT2D eigenvalue weighted by Crippen LogP contribution is -2.58. The first kappa shape index (κ1) is 35.6. The number of benzene rings is 1. The summed E-state index contributed by atoms with van der Waals surface area (Å²) in [6.07, 6.45) is 1.31. The van der Waals surface area contributed by atoms with E-state index < -0.39 is 11.5 Å². The third kappa shape index (κ3) is 6.76. The number of amides is 1. The Labute approximate surface area is 296 Å². The Kier molecular flexibility index (Phi) is 10.3. The van der Waals surface area contributed by atoms with E-state index >= 15 is 4.39 Å². The van der Waals surface area contributed by atoms with Crippen LogP contribution in [-0.4, -0.2) is 91.7 Å². The highest BCUT2D eigenvalue weighted by atomic mass is 35.5. The molecule has 5 heterocycles. The van der Waals surface area contributed by atoms with Crippen LogP contribution in [0.2, 0.25) is 5.02 Å². The molecule has 3 aromatic heterocycles. The number of halogens is 2. The summed E-state index contributed by atoms with van der Waals surface area (Å²) in [5.41, 5.74) is 2.00. The molecule has 2 aliphatic heterocycles. The van der Waals surface area contributed by atoms with Crippen molar-refractivity contribution in [3.63, 3.8) is 0 Å². The van der Waals surface area contributed by atoms with Gasteiger partial charge in [0.25, 0.3) is 0 Å². The molecule has 1 amide bonds. The fraction of sp³-hybridized carbons (Fsp3) is 0.459. The molecule has 11 nitrogen and oxygen atoms in total. The van der Waals surface area contributed by atoms with Crippen LogP contribution in [0.3, 0.4) is 0 Å². The topological polar surface area (TPSA) is 110 Å². The van der Waals surface area contributed by atoms with Crippen molar-refractivity contribution in [3.8, 4) is 16.9 Å². The molecular formula is C37H44ClFN8O3. The van der Waals surface area contributed by atoms with Gasteiger partial charge in [-0.2, -0.15) is 4.98 Å². The second kappa shape index (κ2) is 14.5. The first-order valence-corrected chi connectivity index (χ1v) is 17.6. The summed E-state index contributed by atoms with van der Waals surface area (Å²) < 4.78 is 22.3. The molecule has 2 atom stereocenters. The van der Waals surface area contributed by atoms with Crippen LogP contribution in [0.5, 0.6) is 0 Å². The predicted octanol–water partition coefficient (Wildman–Crippen LogP) is 5.72. The smallest absolute Gasteiger partial charge is 0.355 e. The van der Waals surface area contributed by atoms with E-state index in [0.717, 1.165) is 13.1 Å². The number of carbonyl (C=O) groups excluding carboxylic acids is 1. The van der Waals surface area contributed by atoms with Gasteiger partial charge in [-0.1, -0.05) is 58.0 Å². The number of rotatable bonds is 8. The maximum Gasteiger partial charge on any atom is 0.355 e. The molecule has 0 N–H and O–H groups in total. The normalized spacial score (nSPS) is 18.8. The van der Waals surface area contributed by atoms with Crippen LogP contribution >= 0.6 is 11.6 Å². The molecule has 13 heteroatoms. The largest absolute Gasteiger partial charge is 0.379 e. The molecule has 264 valence electrons. The van der Waals surface area contributed by atoms with Crippen LogP contribution in [0.1, 0.15) is 70.6 Å². The average molecular weight is 703 g/mol. The fourth-order valence-electron chi connectivity index (χ4n) is 6.82. The molecule has 50 heavy (non-hydrogen) atoms. The zero-order valence-electron chi connectivity index (χ0n) is 29.5.